The van der Waals surface area contributed by atoms with Crippen LogP contribution in [0.1, 0.15) is 5.56 Å². The van der Waals surface area contributed by atoms with Crippen LogP contribution in [0.4, 0.5) is 11.5 Å². The first-order chi connectivity index (χ1) is 11.6. The molecule has 0 unspecified atom stereocenters. The number of methoxy groups -OCH3 is 1. The minimum Gasteiger partial charge on any atom is -0.504 e. The lowest BCUT2D eigenvalue weighted by Gasteiger charge is -2.09. The fourth-order valence-corrected chi connectivity index (χ4v) is 2.42. The molecule has 0 bridgehead atoms. The number of benzene rings is 2. The molecule has 2 N–H and O–H groups in total. The summed E-state index contributed by atoms with van der Waals surface area (Å²) < 4.78 is 5.11. The van der Waals surface area contributed by atoms with Gasteiger partial charge in [0.1, 0.15) is 5.82 Å². The lowest BCUT2D eigenvalue weighted by atomic mass is 10.1. The molecule has 0 aliphatic carbocycles. The van der Waals surface area contributed by atoms with Crippen molar-refractivity contribution in [3.63, 3.8) is 0 Å². The van der Waals surface area contributed by atoms with Crippen LogP contribution in [-0.4, -0.2) is 22.2 Å². The van der Waals surface area contributed by atoms with Gasteiger partial charge in [0.15, 0.2) is 11.5 Å². The monoisotopic (exact) mass is 341 g/mol. The van der Waals surface area contributed by atoms with E-state index in [1.807, 2.05) is 25.1 Å². The van der Waals surface area contributed by atoms with Crippen molar-refractivity contribution in [2.75, 3.05) is 12.4 Å². The maximum Gasteiger partial charge on any atom is 0.161 e. The maximum absolute atomic E-state index is 9.65. The van der Waals surface area contributed by atoms with Crippen molar-refractivity contribution in [2.24, 2.45) is 0 Å². The van der Waals surface area contributed by atoms with Crippen LogP contribution in [0.5, 0.6) is 11.5 Å². The first-order valence-electron chi connectivity index (χ1n) is 7.29. The molecule has 6 heteroatoms. The second-order valence-electron chi connectivity index (χ2n) is 5.28. The van der Waals surface area contributed by atoms with Crippen molar-refractivity contribution in [1.82, 2.24) is 9.97 Å². The largest absolute Gasteiger partial charge is 0.504 e. The van der Waals surface area contributed by atoms with Crippen molar-refractivity contribution >= 4 is 23.1 Å². The molecule has 1 heterocycles. The standard InChI is InChI=1S/C18H16ClN3O2/c1-11-3-5-13(19)14(7-11)22-18-10-20-15(9-21-18)12-4-6-16(23)17(8-12)24-2/h3-10,23H,1-2H3,(H,21,22). The van der Waals surface area contributed by atoms with Gasteiger partial charge in [0, 0.05) is 5.56 Å². The van der Waals surface area contributed by atoms with Gasteiger partial charge in [-0.2, -0.15) is 0 Å². The van der Waals surface area contributed by atoms with Crippen LogP contribution in [0.15, 0.2) is 48.8 Å². The van der Waals surface area contributed by atoms with E-state index in [4.69, 9.17) is 16.3 Å². The molecular formula is C18H16ClN3O2. The number of anilines is 2. The Kier molecular flexibility index (Phi) is 4.53. The van der Waals surface area contributed by atoms with Crippen LogP contribution >= 0.6 is 11.6 Å². The second kappa shape index (κ2) is 6.76. The Morgan fingerprint density at radius 1 is 1.08 bits per heavy atom. The van der Waals surface area contributed by atoms with Crippen LogP contribution in [0.3, 0.4) is 0 Å². The summed E-state index contributed by atoms with van der Waals surface area (Å²) in [6.45, 7) is 1.99. The molecule has 3 aromatic rings. The van der Waals surface area contributed by atoms with Gasteiger partial charge in [-0.1, -0.05) is 17.7 Å². The summed E-state index contributed by atoms with van der Waals surface area (Å²) in [7, 11) is 1.50. The number of aromatic nitrogens is 2. The van der Waals surface area contributed by atoms with E-state index in [2.05, 4.69) is 15.3 Å². The highest BCUT2D eigenvalue weighted by molar-refractivity contribution is 6.33. The molecule has 0 aliphatic rings. The summed E-state index contributed by atoms with van der Waals surface area (Å²) in [6.07, 6.45) is 3.28. The molecular weight excluding hydrogens is 326 g/mol. The highest BCUT2D eigenvalue weighted by atomic mass is 35.5. The van der Waals surface area contributed by atoms with E-state index in [-0.39, 0.29) is 5.75 Å². The highest BCUT2D eigenvalue weighted by Gasteiger charge is 2.07. The fourth-order valence-electron chi connectivity index (χ4n) is 2.25. The molecule has 0 saturated heterocycles. The summed E-state index contributed by atoms with van der Waals surface area (Å²) in [5.41, 5.74) is 3.36. The van der Waals surface area contributed by atoms with E-state index in [0.29, 0.717) is 22.3 Å². The van der Waals surface area contributed by atoms with Crippen molar-refractivity contribution in [3.05, 3.63) is 59.4 Å². The second-order valence-corrected chi connectivity index (χ2v) is 5.69. The van der Waals surface area contributed by atoms with E-state index >= 15 is 0 Å². The SMILES string of the molecule is COc1cc(-c2cnc(Nc3cc(C)ccc3Cl)cn2)ccc1O. The van der Waals surface area contributed by atoms with E-state index in [9.17, 15) is 5.11 Å². The number of halogens is 1. The van der Waals surface area contributed by atoms with Gasteiger partial charge in [0.05, 0.1) is 35.9 Å². The minimum absolute atomic E-state index is 0.0848. The number of hydrogen-bond donors (Lipinski definition) is 2. The Morgan fingerprint density at radius 3 is 2.62 bits per heavy atom. The zero-order chi connectivity index (χ0) is 17.1. The average molecular weight is 342 g/mol. The van der Waals surface area contributed by atoms with Gasteiger partial charge in [0.2, 0.25) is 0 Å². The third-order valence-electron chi connectivity index (χ3n) is 3.51. The number of aryl methyl sites for hydroxylation is 1. The fraction of sp³-hybridized carbons (Fsp3) is 0.111. The lowest BCUT2D eigenvalue weighted by molar-refractivity contribution is 0.373. The smallest absolute Gasteiger partial charge is 0.161 e. The van der Waals surface area contributed by atoms with Crippen LogP contribution in [0.25, 0.3) is 11.3 Å². The molecule has 0 saturated carbocycles. The van der Waals surface area contributed by atoms with Gasteiger partial charge in [-0.05, 0) is 42.8 Å². The molecule has 24 heavy (non-hydrogen) atoms. The Morgan fingerprint density at radius 2 is 1.92 bits per heavy atom. The first kappa shape index (κ1) is 16.1. The zero-order valence-corrected chi connectivity index (χ0v) is 14.0. The van der Waals surface area contributed by atoms with Crippen molar-refractivity contribution in [3.8, 4) is 22.8 Å². The quantitative estimate of drug-likeness (QED) is 0.728. The number of hydrogen-bond acceptors (Lipinski definition) is 5. The lowest BCUT2D eigenvalue weighted by Crippen LogP contribution is -1.96. The number of phenols is 1. The molecule has 2 aromatic carbocycles. The number of nitrogens with one attached hydrogen (secondary N) is 1. The van der Waals surface area contributed by atoms with E-state index in [1.54, 1.807) is 30.6 Å². The van der Waals surface area contributed by atoms with Crippen molar-refractivity contribution in [2.45, 2.75) is 6.92 Å². The van der Waals surface area contributed by atoms with Gasteiger partial charge in [0.25, 0.3) is 0 Å². The molecule has 3 rings (SSSR count). The molecule has 5 nitrogen and oxygen atoms in total. The predicted molar refractivity (Wildman–Crippen MR) is 95.2 cm³/mol. The third-order valence-corrected chi connectivity index (χ3v) is 3.84. The minimum atomic E-state index is 0.0848. The Hall–Kier alpha value is -2.79. The summed E-state index contributed by atoms with van der Waals surface area (Å²) >= 11 is 6.17. The molecule has 1 aromatic heterocycles. The van der Waals surface area contributed by atoms with Gasteiger partial charge in [-0.15, -0.1) is 0 Å². The van der Waals surface area contributed by atoms with Crippen LogP contribution in [0.2, 0.25) is 5.02 Å². The highest BCUT2D eigenvalue weighted by Crippen LogP contribution is 2.31. The van der Waals surface area contributed by atoms with Gasteiger partial charge < -0.3 is 15.2 Å². The Balaban J connectivity index is 1.84. The summed E-state index contributed by atoms with van der Waals surface area (Å²) in [6, 6.07) is 10.8. The first-order valence-corrected chi connectivity index (χ1v) is 7.67. The number of ether oxygens (including phenoxy) is 1. The zero-order valence-electron chi connectivity index (χ0n) is 13.2. The molecule has 0 spiro atoms. The average Bonchev–Trinajstić information content (AvgIpc) is 2.59. The maximum atomic E-state index is 9.65. The van der Waals surface area contributed by atoms with Crippen LogP contribution in [-0.2, 0) is 0 Å². The molecule has 0 amide bonds. The molecule has 0 aliphatic heterocycles. The Labute approximate surface area is 144 Å². The number of phenolic OH excluding ortho intramolecular Hbond substituents is 1. The third kappa shape index (κ3) is 3.41. The Bertz CT molecular complexity index is 867. The molecule has 122 valence electrons. The normalized spacial score (nSPS) is 10.5. The number of nitrogens with zero attached hydrogens (tertiary/aromatic N) is 2. The van der Waals surface area contributed by atoms with Gasteiger partial charge in [-0.25, -0.2) is 4.98 Å². The van der Waals surface area contributed by atoms with Crippen molar-refractivity contribution in [1.29, 1.82) is 0 Å². The number of rotatable bonds is 4. The molecule has 0 radical (unpaired) electrons. The summed E-state index contributed by atoms with van der Waals surface area (Å²) in [4.78, 5) is 8.76. The van der Waals surface area contributed by atoms with Crippen LogP contribution < -0.4 is 10.1 Å². The number of aromatic hydroxyl groups is 1. The van der Waals surface area contributed by atoms with E-state index < -0.39 is 0 Å². The summed E-state index contributed by atoms with van der Waals surface area (Å²) in [5, 5.41) is 13.4. The topological polar surface area (TPSA) is 67.3 Å². The molecule has 0 atom stereocenters. The van der Waals surface area contributed by atoms with Gasteiger partial charge >= 0.3 is 0 Å². The van der Waals surface area contributed by atoms with Gasteiger partial charge in [-0.3, -0.25) is 4.98 Å². The predicted octanol–water partition coefficient (Wildman–Crippen LogP) is 4.56. The van der Waals surface area contributed by atoms with E-state index in [1.165, 1.54) is 7.11 Å². The van der Waals surface area contributed by atoms with Crippen molar-refractivity contribution < 1.29 is 9.84 Å². The van der Waals surface area contributed by atoms with Crippen LogP contribution in [0, 0.1) is 6.92 Å². The van der Waals surface area contributed by atoms with E-state index in [0.717, 1.165) is 16.8 Å². The molecule has 0 fully saturated rings. The summed E-state index contributed by atoms with van der Waals surface area (Å²) in [5.74, 6) is 1.07.